The lowest BCUT2D eigenvalue weighted by molar-refractivity contribution is 0.112. The molecule has 1 heterocycles. The molecule has 2 aromatic rings. The normalized spacial score (nSPS) is 10.5. The van der Waals surface area contributed by atoms with Crippen LogP contribution in [-0.2, 0) is 6.54 Å². The lowest BCUT2D eigenvalue weighted by Gasteiger charge is -2.00. The second-order valence-electron chi connectivity index (χ2n) is 3.56. The molecule has 0 unspecified atom stereocenters. The molecular formula is C12H10Cl2N2O. The summed E-state index contributed by atoms with van der Waals surface area (Å²) in [7, 11) is 0. The van der Waals surface area contributed by atoms with Gasteiger partial charge in [0, 0.05) is 28.4 Å². The summed E-state index contributed by atoms with van der Waals surface area (Å²) in [6.07, 6.45) is 2.49. The van der Waals surface area contributed by atoms with E-state index in [1.165, 1.54) is 0 Å². The third kappa shape index (κ3) is 2.51. The molecule has 0 fully saturated rings. The molecule has 0 aliphatic carbocycles. The molecule has 0 N–H and O–H groups in total. The van der Waals surface area contributed by atoms with E-state index in [1.807, 2.05) is 6.92 Å². The third-order valence-corrected chi connectivity index (χ3v) is 2.81. The molecule has 1 aromatic heterocycles. The first kappa shape index (κ1) is 12.1. The molecule has 0 radical (unpaired) electrons. The lowest BCUT2D eigenvalue weighted by Crippen LogP contribution is -1.93. The Balaban J connectivity index is 2.58. The molecular weight excluding hydrogens is 259 g/mol. The Morgan fingerprint density at radius 3 is 2.47 bits per heavy atom. The first-order chi connectivity index (χ1) is 8.13. The van der Waals surface area contributed by atoms with Crippen LogP contribution in [0, 0.1) is 0 Å². The fourth-order valence-corrected chi connectivity index (χ4v) is 2.13. The van der Waals surface area contributed by atoms with Gasteiger partial charge >= 0.3 is 0 Å². The Morgan fingerprint density at radius 1 is 1.29 bits per heavy atom. The van der Waals surface area contributed by atoms with Gasteiger partial charge in [0.15, 0.2) is 6.29 Å². The number of hydrogen-bond donors (Lipinski definition) is 0. The third-order valence-electron chi connectivity index (χ3n) is 2.38. The van der Waals surface area contributed by atoms with Crippen LogP contribution in [0.4, 0.5) is 0 Å². The van der Waals surface area contributed by atoms with E-state index in [4.69, 9.17) is 23.2 Å². The van der Waals surface area contributed by atoms with Crippen molar-refractivity contribution in [3.05, 3.63) is 40.0 Å². The van der Waals surface area contributed by atoms with E-state index < -0.39 is 0 Å². The fourth-order valence-electron chi connectivity index (χ4n) is 1.60. The maximum absolute atomic E-state index is 11.0. The minimum absolute atomic E-state index is 0.524. The van der Waals surface area contributed by atoms with E-state index in [1.54, 1.807) is 29.1 Å². The van der Waals surface area contributed by atoms with E-state index >= 15 is 0 Å². The summed E-state index contributed by atoms with van der Waals surface area (Å²) in [6, 6.07) is 5.12. The summed E-state index contributed by atoms with van der Waals surface area (Å²) in [5.41, 5.74) is 1.88. The maximum Gasteiger partial charge on any atom is 0.153 e. The van der Waals surface area contributed by atoms with Crippen molar-refractivity contribution >= 4 is 29.5 Å². The Hall–Kier alpha value is -1.32. The molecule has 17 heavy (non-hydrogen) atoms. The average molecular weight is 269 g/mol. The number of nitrogens with zero attached hydrogens (tertiary/aromatic N) is 2. The number of halogens is 2. The number of aromatic nitrogens is 2. The van der Waals surface area contributed by atoms with Gasteiger partial charge in [-0.1, -0.05) is 23.2 Å². The molecule has 0 bridgehead atoms. The van der Waals surface area contributed by atoms with Crippen LogP contribution in [0.3, 0.4) is 0 Å². The highest BCUT2D eigenvalue weighted by Crippen LogP contribution is 2.27. The predicted molar refractivity (Wildman–Crippen MR) is 68.7 cm³/mol. The molecule has 5 heteroatoms. The van der Waals surface area contributed by atoms with Crippen LogP contribution in [0.5, 0.6) is 0 Å². The van der Waals surface area contributed by atoms with Gasteiger partial charge in [-0.05, 0) is 25.1 Å². The van der Waals surface area contributed by atoms with E-state index in [0.717, 1.165) is 11.8 Å². The summed E-state index contributed by atoms with van der Waals surface area (Å²) in [5, 5.41) is 5.37. The van der Waals surface area contributed by atoms with Crippen molar-refractivity contribution in [3.8, 4) is 11.3 Å². The summed E-state index contributed by atoms with van der Waals surface area (Å²) in [6.45, 7) is 2.66. The van der Waals surface area contributed by atoms with Crippen molar-refractivity contribution in [2.45, 2.75) is 13.5 Å². The highest BCUT2D eigenvalue weighted by Gasteiger charge is 2.11. The first-order valence-corrected chi connectivity index (χ1v) is 5.88. The molecule has 0 amide bonds. The SMILES string of the molecule is CCn1cc(C=O)c(-c2cc(Cl)cc(Cl)c2)n1. The van der Waals surface area contributed by atoms with Gasteiger partial charge in [0.2, 0.25) is 0 Å². The van der Waals surface area contributed by atoms with Crippen LogP contribution in [0.15, 0.2) is 24.4 Å². The molecule has 0 aliphatic rings. The van der Waals surface area contributed by atoms with Crippen LogP contribution < -0.4 is 0 Å². The zero-order chi connectivity index (χ0) is 12.4. The van der Waals surface area contributed by atoms with E-state index in [2.05, 4.69) is 5.10 Å². The Labute approximate surface area is 109 Å². The minimum Gasteiger partial charge on any atom is -0.298 e. The molecule has 3 nitrogen and oxygen atoms in total. The molecule has 0 aliphatic heterocycles. The van der Waals surface area contributed by atoms with Gasteiger partial charge in [0.05, 0.1) is 5.56 Å². The lowest BCUT2D eigenvalue weighted by atomic mass is 10.1. The van der Waals surface area contributed by atoms with Gasteiger partial charge in [-0.15, -0.1) is 0 Å². The molecule has 0 spiro atoms. The molecule has 0 atom stereocenters. The van der Waals surface area contributed by atoms with Crippen molar-refractivity contribution < 1.29 is 4.79 Å². The van der Waals surface area contributed by atoms with Crippen LogP contribution in [0.1, 0.15) is 17.3 Å². The summed E-state index contributed by atoms with van der Waals surface area (Å²) >= 11 is 11.9. The number of carbonyl (C=O) groups excluding carboxylic acids is 1. The summed E-state index contributed by atoms with van der Waals surface area (Å²) in [5.74, 6) is 0. The highest BCUT2D eigenvalue weighted by molar-refractivity contribution is 6.35. The summed E-state index contributed by atoms with van der Waals surface area (Å²) in [4.78, 5) is 11.0. The van der Waals surface area contributed by atoms with Crippen molar-refractivity contribution in [1.82, 2.24) is 9.78 Å². The minimum atomic E-state index is 0.524. The van der Waals surface area contributed by atoms with Crippen LogP contribution in [0.25, 0.3) is 11.3 Å². The average Bonchev–Trinajstić information content (AvgIpc) is 2.70. The van der Waals surface area contributed by atoms with Gasteiger partial charge in [-0.2, -0.15) is 5.10 Å². The predicted octanol–water partition coefficient (Wildman–Crippen LogP) is 3.69. The van der Waals surface area contributed by atoms with E-state index in [0.29, 0.717) is 27.8 Å². The van der Waals surface area contributed by atoms with Gasteiger partial charge in [0.25, 0.3) is 0 Å². The molecule has 1 aromatic carbocycles. The Morgan fingerprint density at radius 2 is 1.94 bits per heavy atom. The number of hydrogen-bond acceptors (Lipinski definition) is 2. The van der Waals surface area contributed by atoms with Crippen LogP contribution in [0.2, 0.25) is 10.0 Å². The second kappa shape index (κ2) is 4.90. The summed E-state index contributed by atoms with van der Waals surface area (Å²) < 4.78 is 1.70. The maximum atomic E-state index is 11.0. The van der Waals surface area contributed by atoms with Gasteiger partial charge in [-0.25, -0.2) is 0 Å². The second-order valence-corrected chi connectivity index (χ2v) is 4.44. The number of aldehydes is 1. The fraction of sp³-hybridized carbons (Fsp3) is 0.167. The smallest absolute Gasteiger partial charge is 0.153 e. The number of carbonyl (C=O) groups is 1. The van der Waals surface area contributed by atoms with Crippen molar-refractivity contribution in [2.75, 3.05) is 0 Å². The zero-order valence-corrected chi connectivity index (χ0v) is 10.7. The monoisotopic (exact) mass is 268 g/mol. The Bertz CT molecular complexity index is 543. The van der Waals surface area contributed by atoms with Gasteiger partial charge in [-0.3, -0.25) is 9.48 Å². The molecule has 0 saturated carbocycles. The zero-order valence-electron chi connectivity index (χ0n) is 9.15. The van der Waals surface area contributed by atoms with E-state index in [-0.39, 0.29) is 0 Å². The van der Waals surface area contributed by atoms with Gasteiger partial charge in [0.1, 0.15) is 5.69 Å². The topological polar surface area (TPSA) is 34.9 Å². The number of benzene rings is 1. The first-order valence-electron chi connectivity index (χ1n) is 5.13. The van der Waals surface area contributed by atoms with E-state index in [9.17, 15) is 4.79 Å². The number of rotatable bonds is 3. The van der Waals surface area contributed by atoms with Crippen LogP contribution in [-0.4, -0.2) is 16.1 Å². The number of aryl methyl sites for hydroxylation is 1. The standard InChI is InChI=1S/C12H10Cl2N2O/c1-2-16-6-9(7-17)12(15-16)8-3-10(13)5-11(14)4-8/h3-7H,2H2,1H3. The van der Waals surface area contributed by atoms with Crippen molar-refractivity contribution in [1.29, 1.82) is 0 Å². The van der Waals surface area contributed by atoms with Crippen molar-refractivity contribution in [2.24, 2.45) is 0 Å². The quantitative estimate of drug-likeness (QED) is 0.796. The van der Waals surface area contributed by atoms with Crippen molar-refractivity contribution in [3.63, 3.8) is 0 Å². The molecule has 0 saturated heterocycles. The Kier molecular flexibility index (Phi) is 3.50. The van der Waals surface area contributed by atoms with Crippen LogP contribution >= 0.6 is 23.2 Å². The molecule has 88 valence electrons. The van der Waals surface area contributed by atoms with Gasteiger partial charge < -0.3 is 0 Å². The highest BCUT2D eigenvalue weighted by atomic mass is 35.5. The molecule has 2 rings (SSSR count). The largest absolute Gasteiger partial charge is 0.298 e.